The highest BCUT2D eigenvalue weighted by Crippen LogP contribution is 2.27. The Morgan fingerprint density at radius 3 is 2.06 bits per heavy atom. The van der Waals surface area contributed by atoms with Crippen LogP contribution in [0.25, 0.3) is 11.1 Å². The molecule has 0 bridgehead atoms. The fraction of sp³-hybridized carbons (Fsp3) is 0.435. The number of sulfone groups is 1. The molecule has 0 N–H and O–H groups in total. The van der Waals surface area contributed by atoms with Gasteiger partial charge in [-0.25, -0.2) is 22.0 Å². The molecule has 1 saturated heterocycles. The van der Waals surface area contributed by atoms with E-state index in [0.29, 0.717) is 37.1 Å². The average molecular weight is 452 g/mol. The van der Waals surface area contributed by atoms with Crippen LogP contribution in [-0.2, 0) is 14.6 Å². The molecule has 1 fully saturated rings. The third-order valence-corrected chi connectivity index (χ3v) is 7.03. The fourth-order valence-electron chi connectivity index (χ4n) is 3.59. The molecule has 1 heterocycles. The number of rotatable bonds is 4. The summed E-state index contributed by atoms with van der Waals surface area (Å²) in [6.07, 6.45) is 0.788. The minimum Gasteiger partial charge on any atom is -0.444 e. The second-order valence-electron chi connectivity index (χ2n) is 8.87. The Kier molecular flexibility index (Phi) is 6.69. The Balaban J connectivity index is 1.62. The van der Waals surface area contributed by atoms with E-state index in [4.69, 9.17) is 4.74 Å². The number of benzene rings is 2. The lowest BCUT2D eigenvalue weighted by Crippen LogP contribution is -2.42. The summed E-state index contributed by atoms with van der Waals surface area (Å²) in [6, 6.07) is 9.21. The predicted octanol–water partition coefficient (Wildman–Crippen LogP) is 5.05. The zero-order valence-corrected chi connectivity index (χ0v) is 18.7. The van der Waals surface area contributed by atoms with Crippen LogP contribution in [0.2, 0.25) is 0 Å². The molecule has 8 heteroatoms. The largest absolute Gasteiger partial charge is 0.444 e. The van der Waals surface area contributed by atoms with E-state index < -0.39 is 27.1 Å². The highest BCUT2D eigenvalue weighted by molar-refractivity contribution is 7.91. The predicted molar refractivity (Wildman–Crippen MR) is 114 cm³/mol. The summed E-state index contributed by atoms with van der Waals surface area (Å²) in [6.45, 7) is 6.33. The molecule has 0 aromatic heterocycles. The minimum atomic E-state index is -3.52. The summed E-state index contributed by atoms with van der Waals surface area (Å²) in [4.78, 5) is 13.9. The molecule has 0 atom stereocenters. The summed E-state index contributed by atoms with van der Waals surface area (Å²) in [7, 11) is -3.52. The molecule has 168 valence electrons. The van der Waals surface area contributed by atoms with Crippen LogP contribution in [0.1, 0.15) is 33.6 Å². The number of amides is 1. The Hall–Kier alpha value is -2.48. The first-order valence-electron chi connectivity index (χ1n) is 10.2. The van der Waals surface area contributed by atoms with Crippen LogP contribution in [0.15, 0.2) is 47.4 Å². The van der Waals surface area contributed by atoms with Gasteiger partial charge in [-0.05, 0) is 74.9 Å². The number of likely N-dealkylation sites (tertiary alicyclic amines) is 1. The minimum absolute atomic E-state index is 0.0108. The fourth-order valence-corrected chi connectivity index (χ4v) is 5.29. The van der Waals surface area contributed by atoms with Crippen molar-refractivity contribution in [3.8, 4) is 11.1 Å². The zero-order chi connectivity index (χ0) is 22.8. The van der Waals surface area contributed by atoms with E-state index in [9.17, 15) is 22.0 Å². The van der Waals surface area contributed by atoms with Gasteiger partial charge < -0.3 is 9.64 Å². The molecule has 3 rings (SSSR count). The lowest BCUT2D eigenvalue weighted by Gasteiger charge is -2.33. The number of ether oxygens (including phenoxy) is 1. The van der Waals surface area contributed by atoms with Crippen molar-refractivity contribution in [3.05, 3.63) is 54.1 Å². The van der Waals surface area contributed by atoms with Crippen molar-refractivity contribution in [3.63, 3.8) is 0 Å². The van der Waals surface area contributed by atoms with Gasteiger partial charge >= 0.3 is 6.09 Å². The molecule has 0 spiro atoms. The van der Waals surface area contributed by atoms with E-state index in [-0.39, 0.29) is 22.7 Å². The molecule has 1 aliphatic rings. The van der Waals surface area contributed by atoms with E-state index in [1.807, 2.05) is 0 Å². The van der Waals surface area contributed by atoms with Crippen molar-refractivity contribution in [2.24, 2.45) is 5.92 Å². The lowest BCUT2D eigenvalue weighted by molar-refractivity contribution is 0.0191. The highest BCUT2D eigenvalue weighted by Gasteiger charge is 2.29. The molecule has 0 radical (unpaired) electrons. The van der Waals surface area contributed by atoms with E-state index in [0.717, 1.165) is 6.07 Å². The van der Waals surface area contributed by atoms with Gasteiger partial charge in [-0.3, -0.25) is 0 Å². The standard InChI is InChI=1S/C23H27F2NO4S/c1-23(2,3)30-22(27)26-10-8-16(9-11-26)15-31(28,29)21-6-4-17(5-7-21)18-12-19(24)14-20(25)13-18/h4-7,12-14,16H,8-11,15H2,1-3H3. The van der Waals surface area contributed by atoms with Crippen LogP contribution in [0.5, 0.6) is 0 Å². The molecule has 0 unspecified atom stereocenters. The van der Waals surface area contributed by atoms with E-state index in [2.05, 4.69) is 0 Å². The summed E-state index contributed by atoms with van der Waals surface area (Å²) in [5.74, 6) is -1.45. The van der Waals surface area contributed by atoms with Crippen molar-refractivity contribution in [1.82, 2.24) is 4.90 Å². The Morgan fingerprint density at radius 1 is 1.00 bits per heavy atom. The van der Waals surface area contributed by atoms with E-state index in [1.54, 1.807) is 37.8 Å². The maximum Gasteiger partial charge on any atom is 0.410 e. The maximum atomic E-state index is 13.4. The van der Waals surface area contributed by atoms with Crippen molar-refractivity contribution in [1.29, 1.82) is 0 Å². The van der Waals surface area contributed by atoms with Gasteiger partial charge in [0, 0.05) is 19.2 Å². The number of nitrogens with zero attached hydrogens (tertiary/aromatic N) is 1. The third-order valence-electron chi connectivity index (χ3n) is 5.13. The van der Waals surface area contributed by atoms with Crippen molar-refractivity contribution < 1.29 is 26.7 Å². The Morgan fingerprint density at radius 2 is 1.55 bits per heavy atom. The first-order chi connectivity index (χ1) is 14.4. The number of hydrogen-bond donors (Lipinski definition) is 0. The SMILES string of the molecule is CC(C)(C)OC(=O)N1CCC(CS(=O)(=O)c2ccc(-c3cc(F)cc(F)c3)cc2)CC1. The maximum absolute atomic E-state index is 13.4. The molecule has 5 nitrogen and oxygen atoms in total. The van der Waals surface area contributed by atoms with Crippen LogP contribution >= 0.6 is 0 Å². The molecular formula is C23H27F2NO4S. The van der Waals surface area contributed by atoms with Gasteiger partial charge in [0.05, 0.1) is 10.6 Å². The molecular weight excluding hydrogens is 424 g/mol. The smallest absolute Gasteiger partial charge is 0.410 e. The monoisotopic (exact) mass is 451 g/mol. The van der Waals surface area contributed by atoms with Crippen molar-refractivity contribution in [2.75, 3.05) is 18.8 Å². The molecule has 1 amide bonds. The van der Waals surface area contributed by atoms with Gasteiger partial charge in [0.1, 0.15) is 17.2 Å². The Labute approximate surface area is 181 Å². The molecule has 31 heavy (non-hydrogen) atoms. The van der Waals surface area contributed by atoms with Crippen molar-refractivity contribution >= 4 is 15.9 Å². The molecule has 0 saturated carbocycles. The van der Waals surface area contributed by atoms with Gasteiger partial charge in [-0.1, -0.05) is 12.1 Å². The van der Waals surface area contributed by atoms with E-state index >= 15 is 0 Å². The van der Waals surface area contributed by atoms with Gasteiger partial charge in [-0.15, -0.1) is 0 Å². The number of carbonyl (C=O) groups excluding carboxylic acids is 1. The highest BCUT2D eigenvalue weighted by atomic mass is 32.2. The van der Waals surface area contributed by atoms with Crippen LogP contribution in [0.3, 0.4) is 0 Å². The molecule has 0 aliphatic carbocycles. The Bertz CT molecular complexity index is 1020. The van der Waals surface area contributed by atoms with Crippen LogP contribution in [0.4, 0.5) is 13.6 Å². The summed E-state index contributed by atoms with van der Waals surface area (Å²) in [5, 5.41) is 0. The second kappa shape index (κ2) is 8.94. The second-order valence-corrected chi connectivity index (χ2v) is 10.9. The summed E-state index contributed by atoms with van der Waals surface area (Å²) in [5.41, 5.74) is 0.305. The molecule has 1 aliphatic heterocycles. The zero-order valence-electron chi connectivity index (χ0n) is 17.9. The summed E-state index contributed by atoms with van der Waals surface area (Å²) < 4.78 is 57.9. The topological polar surface area (TPSA) is 63.7 Å². The number of halogens is 2. The van der Waals surface area contributed by atoms with Gasteiger partial charge in [0.25, 0.3) is 0 Å². The van der Waals surface area contributed by atoms with Gasteiger partial charge in [0.15, 0.2) is 9.84 Å². The average Bonchev–Trinajstić information content (AvgIpc) is 2.66. The van der Waals surface area contributed by atoms with Crippen LogP contribution in [0, 0.1) is 17.6 Å². The van der Waals surface area contributed by atoms with Crippen molar-refractivity contribution in [2.45, 2.75) is 44.1 Å². The number of carbonyl (C=O) groups is 1. The lowest BCUT2D eigenvalue weighted by atomic mass is 9.99. The number of hydrogen-bond acceptors (Lipinski definition) is 4. The van der Waals surface area contributed by atoms with Gasteiger partial charge in [-0.2, -0.15) is 0 Å². The van der Waals surface area contributed by atoms with E-state index in [1.165, 1.54) is 24.3 Å². The number of piperidine rings is 1. The van der Waals surface area contributed by atoms with Crippen LogP contribution < -0.4 is 0 Å². The summed E-state index contributed by atoms with van der Waals surface area (Å²) >= 11 is 0. The normalized spacial score (nSPS) is 15.7. The van der Waals surface area contributed by atoms with Gasteiger partial charge in [0.2, 0.25) is 0 Å². The first-order valence-corrected chi connectivity index (χ1v) is 11.9. The van der Waals surface area contributed by atoms with Crippen LogP contribution in [-0.4, -0.2) is 43.9 Å². The third kappa shape index (κ3) is 6.26. The first kappa shape index (κ1) is 23.2. The quantitative estimate of drug-likeness (QED) is 0.652. The molecule has 2 aromatic carbocycles. The molecule has 2 aromatic rings.